The van der Waals surface area contributed by atoms with Crippen molar-refractivity contribution in [2.75, 3.05) is 0 Å². The summed E-state index contributed by atoms with van der Waals surface area (Å²) in [6, 6.07) is 14.4. The Morgan fingerprint density at radius 1 is 0.889 bits per heavy atom. The Labute approximate surface area is 104 Å². The van der Waals surface area contributed by atoms with E-state index in [1.807, 2.05) is 36.7 Å². The molecule has 86 valence electrons. The van der Waals surface area contributed by atoms with Crippen molar-refractivity contribution in [3.8, 4) is 22.5 Å². The first-order chi connectivity index (χ1) is 8.93. The number of rotatable bonds is 1. The van der Waals surface area contributed by atoms with Crippen LogP contribution in [0.4, 0.5) is 0 Å². The monoisotopic (exact) mass is 234 g/mol. The molecule has 3 heterocycles. The van der Waals surface area contributed by atoms with Gasteiger partial charge < -0.3 is 4.52 Å². The highest BCUT2D eigenvalue weighted by atomic mass is 16.5. The Morgan fingerprint density at radius 3 is 2.67 bits per heavy atom. The molecule has 2 aromatic rings. The third kappa shape index (κ3) is 1.21. The van der Waals surface area contributed by atoms with Gasteiger partial charge in [-0.2, -0.15) is 4.57 Å². The SMILES string of the molecule is c1ccc(-c2cccn3oc4cncc-4c23)cc1. The summed E-state index contributed by atoms with van der Waals surface area (Å²) in [4.78, 5) is 4.14. The lowest BCUT2D eigenvalue weighted by Crippen LogP contribution is -1.85. The molecular formula is C15H10N2O. The summed E-state index contributed by atoms with van der Waals surface area (Å²) in [6.45, 7) is 0. The van der Waals surface area contributed by atoms with Gasteiger partial charge in [0.25, 0.3) is 0 Å². The van der Waals surface area contributed by atoms with Gasteiger partial charge >= 0.3 is 0 Å². The molecule has 0 fully saturated rings. The highest BCUT2D eigenvalue weighted by Crippen LogP contribution is 2.35. The third-order valence-electron chi connectivity index (χ3n) is 3.16. The molecular weight excluding hydrogens is 224 g/mol. The molecule has 0 atom stereocenters. The van der Waals surface area contributed by atoms with E-state index in [9.17, 15) is 0 Å². The molecule has 0 unspecified atom stereocenters. The lowest BCUT2D eigenvalue weighted by Gasteiger charge is -2.03. The van der Waals surface area contributed by atoms with Gasteiger partial charge in [-0.25, -0.2) is 0 Å². The molecule has 0 N–H and O–H groups in total. The maximum absolute atomic E-state index is 5.71. The second-order valence-electron chi connectivity index (χ2n) is 4.24. The Kier molecular flexibility index (Phi) is 1.83. The molecule has 2 aliphatic heterocycles. The highest BCUT2D eigenvalue weighted by Gasteiger charge is 2.17. The fraction of sp³-hybridized carbons (Fsp3) is 0. The van der Waals surface area contributed by atoms with Gasteiger partial charge in [0.2, 0.25) is 0 Å². The van der Waals surface area contributed by atoms with Gasteiger partial charge in [0.1, 0.15) is 5.52 Å². The average Bonchev–Trinajstić information content (AvgIpc) is 2.99. The van der Waals surface area contributed by atoms with Crippen molar-refractivity contribution in [2.24, 2.45) is 0 Å². The summed E-state index contributed by atoms with van der Waals surface area (Å²) in [5, 5.41) is 0. The largest absolute Gasteiger partial charge is 0.373 e. The second-order valence-corrected chi connectivity index (χ2v) is 4.24. The summed E-state index contributed by atoms with van der Waals surface area (Å²) in [6.07, 6.45) is 5.51. The van der Waals surface area contributed by atoms with Gasteiger partial charge in [0.05, 0.1) is 11.8 Å². The minimum atomic E-state index is 0.818. The van der Waals surface area contributed by atoms with Gasteiger partial charge in [-0.1, -0.05) is 36.4 Å². The minimum absolute atomic E-state index is 0.818. The fourth-order valence-corrected chi connectivity index (χ4v) is 2.35. The predicted octanol–water partition coefficient (Wildman–Crippen LogP) is 3.70. The van der Waals surface area contributed by atoms with E-state index in [4.69, 9.17) is 4.52 Å². The van der Waals surface area contributed by atoms with Crippen LogP contribution >= 0.6 is 0 Å². The first kappa shape index (κ1) is 9.48. The Hall–Kier alpha value is -2.55. The maximum atomic E-state index is 5.71. The molecule has 0 radical (unpaired) electrons. The van der Waals surface area contributed by atoms with Crippen LogP contribution in [0.25, 0.3) is 28.0 Å². The molecule has 18 heavy (non-hydrogen) atoms. The maximum Gasteiger partial charge on any atom is 0.185 e. The third-order valence-corrected chi connectivity index (χ3v) is 3.16. The highest BCUT2D eigenvalue weighted by molar-refractivity contribution is 5.91. The molecule has 0 spiro atoms. The van der Waals surface area contributed by atoms with E-state index in [1.165, 1.54) is 5.56 Å². The molecule has 0 bridgehead atoms. The zero-order valence-corrected chi connectivity index (χ0v) is 9.58. The lowest BCUT2D eigenvalue weighted by molar-refractivity contribution is 0.389. The summed E-state index contributed by atoms with van der Waals surface area (Å²) < 4.78 is 7.51. The van der Waals surface area contributed by atoms with Crippen molar-refractivity contribution < 1.29 is 4.52 Å². The van der Waals surface area contributed by atoms with Crippen LogP contribution in [-0.4, -0.2) is 9.56 Å². The first-order valence-corrected chi connectivity index (χ1v) is 5.83. The van der Waals surface area contributed by atoms with Gasteiger partial charge in [-0.05, 0) is 11.6 Å². The standard InChI is InChI=1S/C15H10N2O/c1-2-5-11(6-3-1)12-7-4-8-17-15(12)13-9-16-10-14(13)18-17/h1-10H. The number of fused-ring (bicyclic) bond motifs is 3. The fourth-order valence-electron chi connectivity index (χ4n) is 2.35. The average molecular weight is 234 g/mol. The van der Waals surface area contributed by atoms with E-state index in [-0.39, 0.29) is 0 Å². The summed E-state index contributed by atoms with van der Waals surface area (Å²) in [5.74, 6) is 0.818. The zero-order valence-electron chi connectivity index (χ0n) is 9.58. The molecule has 0 amide bonds. The Balaban J connectivity index is 2.12. The van der Waals surface area contributed by atoms with E-state index in [0.29, 0.717) is 0 Å². The van der Waals surface area contributed by atoms with Crippen molar-refractivity contribution in [2.45, 2.75) is 0 Å². The topological polar surface area (TPSA) is 30.4 Å². The Bertz CT molecular complexity index is 783. The van der Waals surface area contributed by atoms with Crippen molar-refractivity contribution in [1.82, 2.24) is 9.56 Å². The summed E-state index contributed by atoms with van der Waals surface area (Å²) >= 11 is 0. The van der Waals surface area contributed by atoms with E-state index in [2.05, 4.69) is 23.2 Å². The van der Waals surface area contributed by atoms with Gasteiger partial charge in [-0.15, -0.1) is 0 Å². The molecule has 0 saturated heterocycles. The first-order valence-electron chi connectivity index (χ1n) is 5.83. The molecule has 2 aliphatic rings. The number of aromatic nitrogens is 2. The molecule has 0 aliphatic carbocycles. The number of hydrogen-bond donors (Lipinski definition) is 0. The number of benzene rings is 1. The van der Waals surface area contributed by atoms with Crippen LogP contribution in [0.3, 0.4) is 0 Å². The molecule has 3 heteroatoms. The molecule has 1 aromatic heterocycles. The number of pyridine rings is 1. The molecule has 4 rings (SSSR count). The smallest absolute Gasteiger partial charge is 0.185 e. The summed E-state index contributed by atoms with van der Waals surface area (Å²) in [7, 11) is 0. The van der Waals surface area contributed by atoms with Crippen LogP contribution < -0.4 is 0 Å². The number of hydrogen-bond acceptors (Lipinski definition) is 2. The van der Waals surface area contributed by atoms with Crippen LogP contribution in [0, 0.1) is 0 Å². The van der Waals surface area contributed by atoms with Crippen LogP contribution in [0.15, 0.2) is 65.6 Å². The molecule has 1 aromatic carbocycles. The van der Waals surface area contributed by atoms with Gasteiger partial charge in [0.15, 0.2) is 5.76 Å². The molecule has 0 saturated carbocycles. The van der Waals surface area contributed by atoms with Crippen molar-refractivity contribution >= 4 is 5.52 Å². The van der Waals surface area contributed by atoms with Crippen LogP contribution in [0.2, 0.25) is 0 Å². The Morgan fingerprint density at radius 2 is 1.78 bits per heavy atom. The van der Waals surface area contributed by atoms with Crippen LogP contribution in [0.1, 0.15) is 0 Å². The number of nitrogens with zero attached hydrogens (tertiary/aromatic N) is 2. The normalized spacial score (nSPS) is 11.3. The van der Waals surface area contributed by atoms with Crippen molar-refractivity contribution in [3.63, 3.8) is 0 Å². The van der Waals surface area contributed by atoms with E-state index in [1.54, 1.807) is 10.8 Å². The van der Waals surface area contributed by atoms with Crippen molar-refractivity contribution in [3.05, 3.63) is 61.1 Å². The summed E-state index contributed by atoms with van der Waals surface area (Å²) in [5.41, 5.74) is 4.45. The van der Waals surface area contributed by atoms with E-state index >= 15 is 0 Å². The zero-order chi connectivity index (χ0) is 11.9. The van der Waals surface area contributed by atoms with Crippen LogP contribution in [-0.2, 0) is 0 Å². The quantitative estimate of drug-likeness (QED) is 0.502. The van der Waals surface area contributed by atoms with Crippen molar-refractivity contribution in [1.29, 1.82) is 0 Å². The molecule has 3 nitrogen and oxygen atoms in total. The predicted molar refractivity (Wildman–Crippen MR) is 69.5 cm³/mol. The second kappa shape index (κ2) is 3.47. The van der Waals surface area contributed by atoms with Crippen LogP contribution in [0.5, 0.6) is 0 Å². The van der Waals surface area contributed by atoms with Gasteiger partial charge in [0, 0.05) is 18.0 Å². The lowest BCUT2D eigenvalue weighted by atomic mass is 10.0. The van der Waals surface area contributed by atoms with E-state index < -0.39 is 0 Å². The van der Waals surface area contributed by atoms with E-state index in [0.717, 1.165) is 22.4 Å². The minimum Gasteiger partial charge on any atom is -0.373 e. The van der Waals surface area contributed by atoms with Gasteiger partial charge in [-0.3, -0.25) is 4.98 Å².